The third-order valence-electron chi connectivity index (χ3n) is 4.81. The van der Waals surface area contributed by atoms with Crippen LogP contribution in [0.15, 0.2) is 30.3 Å². The molecule has 2 aromatic rings. The normalized spacial score (nSPS) is 15.8. The van der Waals surface area contributed by atoms with Crippen molar-refractivity contribution in [3.63, 3.8) is 0 Å². The third-order valence-corrected chi connectivity index (χ3v) is 4.81. The van der Waals surface area contributed by atoms with Gasteiger partial charge in [-0.15, -0.1) is 0 Å². The molecule has 1 aliphatic heterocycles. The molecule has 130 valence electrons. The summed E-state index contributed by atoms with van der Waals surface area (Å²) in [5.74, 6) is -0.375. The Kier molecular flexibility index (Phi) is 4.49. The molecule has 3 rings (SSSR count). The number of anilines is 3. The molecular formula is C20H23N3O2. The summed E-state index contributed by atoms with van der Waals surface area (Å²) >= 11 is 0. The number of nitrogens with one attached hydrogen (secondary N) is 3. The molecule has 0 aliphatic carbocycles. The Balaban J connectivity index is 1.72. The molecule has 0 unspecified atom stereocenters. The van der Waals surface area contributed by atoms with E-state index in [-0.39, 0.29) is 18.2 Å². The number of rotatable bonds is 3. The van der Waals surface area contributed by atoms with Crippen LogP contribution in [0.1, 0.15) is 28.7 Å². The molecule has 1 atom stereocenters. The topological polar surface area (TPSA) is 70.2 Å². The fourth-order valence-electron chi connectivity index (χ4n) is 2.93. The van der Waals surface area contributed by atoms with Crippen LogP contribution in [-0.2, 0) is 9.59 Å². The molecule has 5 heteroatoms. The zero-order chi connectivity index (χ0) is 18.1. The number of benzene rings is 2. The summed E-state index contributed by atoms with van der Waals surface area (Å²) in [7, 11) is 0. The predicted molar refractivity (Wildman–Crippen MR) is 101 cm³/mol. The molecule has 2 aromatic carbocycles. The molecule has 5 nitrogen and oxygen atoms in total. The van der Waals surface area contributed by atoms with E-state index in [9.17, 15) is 9.59 Å². The fourth-order valence-corrected chi connectivity index (χ4v) is 2.93. The van der Waals surface area contributed by atoms with Gasteiger partial charge in [0.15, 0.2) is 0 Å². The molecular weight excluding hydrogens is 314 g/mol. The molecule has 0 spiro atoms. The highest BCUT2D eigenvalue weighted by molar-refractivity contribution is 6.06. The highest BCUT2D eigenvalue weighted by atomic mass is 16.2. The Hall–Kier alpha value is -2.82. The largest absolute Gasteiger partial charge is 0.372 e. The van der Waals surface area contributed by atoms with Crippen molar-refractivity contribution in [2.45, 2.75) is 40.2 Å². The summed E-state index contributed by atoms with van der Waals surface area (Å²) in [6.07, 6.45) is 0.0750. The van der Waals surface area contributed by atoms with Gasteiger partial charge in [-0.3, -0.25) is 9.59 Å². The van der Waals surface area contributed by atoms with E-state index in [1.54, 1.807) is 0 Å². The number of carbonyl (C=O) groups excluding carboxylic acids is 2. The van der Waals surface area contributed by atoms with Gasteiger partial charge in [-0.05, 0) is 68.1 Å². The maximum absolute atomic E-state index is 12.4. The maximum Gasteiger partial charge on any atom is 0.247 e. The summed E-state index contributed by atoms with van der Waals surface area (Å²) in [5, 5.41) is 8.98. The standard InChI is InChI=1S/C20H23N3O2/c1-11-6-5-7-15(14(11)4)22-19(24)10-18-20(25)23-17-9-13(3)12(2)8-16(17)21-18/h5-9,18,21H,10H2,1-4H3,(H,22,24)(H,23,25)/t18-/m1/s1. The molecule has 0 bridgehead atoms. The van der Waals surface area contributed by atoms with Gasteiger partial charge in [0, 0.05) is 5.69 Å². The van der Waals surface area contributed by atoms with Crippen LogP contribution in [0.2, 0.25) is 0 Å². The summed E-state index contributed by atoms with van der Waals surface area (Å²) < 4.78 is 0. The van der Waals surface area contributed by atoms with Gasteiger partial charge in [0.2, 0.25) is 11.8 Å². The van der Waals surface area contributed by atoms with Crippen molar-refractivity contribution in [1.29, 1.82) is 0 Å². The summed E-state index contributed by atoms with van der Waals surface area (Å²) in [6.45, 7) is 8.00. The van der Waals surface area contributed by atoms with E-state index < -0.39 is 6.04 Å². The third kappa shape index (κ3) is 3.50. The van der Waals surface area contributed by atoms with Gasteiger partial charge in [-0.2, -0.15) is 0 Å². The number of hydrogen-bond donors (Lipinski definition) is 3. The number of carbonyl (C=O) groups is 2. The van der Waals surface area contributed by atoms with Crippen molar-refractivity contribution in [3.8, 4) is 0 Å². The SMILES string of the molecule is Cc1cc2c(cc1C)N[C@H](CC(=O)Nc1cccc(C)c1C)C(=O)N2. The molecule has 2 amide bonds. The smallest absolute Gasteiger partial charge is 0.247 e. The molecule has 1 aliphatic rings. The highest BCUT2D eigenvalue weighted by Crippen LogP contribution is 2.30. The van der Waals surface area contributed by atoms with Crippen LogP contribution >= 0.6 is 0 Å². The van der Waals surface area contributed by atoms with Crippen LogP contribution in [-0.4, -0.2) is 17.9 Å². The van der Waals surface area contributed by atoms with E-state index in [0.717, 1.165) is 39.3 Å². The maximum atomic E-state index is 12.4. The lowest BCUT2D eigenvalue weighted by atomic mass is 10.0. The van der Waals surface area contributed by atoms with Crippen LogP contribution < -0.4 is 16.0 Å². The van der Waals surface area contributed by atoms with Crippen molar-refractivity contribution >= 4 is 28.9 Å². The van der Waals surface area contributed by atoms with Gasteiger partial charge >= 0.3 is 0 Å². The number of hydrogen-bond acceptors (Lipinski definition) is 3. The summed E-state index contributed by atoms with van der Waals surface area (Å²) in [4.78, 5) is 24.7. The average Bonchev–Trinajstić information content (AvgIpc) is 2.54. The molecule has 0 aromatic heterocycles. The van der Waals surface area contributed by atoms with Gasteiger partial charge in [0.05, 0.1) is 17.8 Å². The minimum Gasteiger partial charge on any atom is -0.372 e. The van der Waals surface area contributed by atoms with Gasteiger partial charge in [-0.1, -0.05) is 12.1 Å². The second-order valence-corrected chi connectivity index (χ2v) is 6.67. The lowest BCUT2D eigenvalue weighted by Gasteiger charge is -2.27. The molecule has 3 N–H and O–H groups in total. The number of amides is 2. The van der Waals surface area contributed by atoms with E-state index in [1.165, 1.54) is 0 Å². The molecule has 0 saturated carbocycles. The van der Waals surface area contributed by atoms with Crippen LogP contribution in [0.4, 0.5) is 17.1 Å². The Morgan fingerprint density at radius 1 is 1.04 bits per heavy atom. The van der Waals surface area contributed by atoms with E-state index >= 15 is 0 Å². The first kappa shape index (κ1) is 17.0. The van der Waals surface area contributed by atoms with E-state index in [2.05, 4.69) is 16.0 Å². The summed E-state index contributed by atoms with van der Waals surface area (Å²) in [5.41, 5.74) is 6.81. The van der Waals surface area contributed by atoms with Gasteiger partial charge in [-0.25, -0.2) is 0 Å². The zero-order valence-corrected chi connectivity index (χ0v) is 15.0. The molecule has 0 radical (unpaired) electrons. The Bertz CT molecular complexity index is 858. The van der Waals surface area contributed by atoms with Crippen molar-refractivity contribution in [1.82, 2.24) is 0 Å². The minimum absolute atomic E-state index is 0.0750. The molecule has 1 heterocycles. The van der Waals surface area contributed by atoms with Crippen LogP contribution in [0.5, 0.6) is 0 Å². The Morgan fingerprint density at radius 2 is 1.72 bits per heavy atom. The van der Waals surface area contributed by atoms with Crippen molar-refractivity contribution < 1.29 is 9.59 Å². The zero-order valence-electron chi connectivity index (χ0n) is 15.0. The molecule has 0 fully saturated rings. The molecule has 25 heavy (non-hydrogen) atoms. The monoisotopic (exact) mass is 337 g/mol. The van der Waals surface area contributed by atoms with Crippen LogP contribution in [0, 0.1) is 27.7 Å². The lowest BCUT2D eigenvalue weighted by Crippen LogP contribution is -2.41. The predicted octanol–water partition coefficient (Wildman–Crippen LogP) is 3.68. The summed E-state index contributed by atoms with van der Waals surface area (Å²) in [6, 6.07) is 9.14. The van der Waals surface area contributed by atoms with Gasteiger partial charge < -0.3 is 16.0 Å². The van der Waals surface area contributed by atoms with E-state index in [1.807, 2.05) is 58.0 Å². The van der Waals surface area contributed by atoms with Crippen molar-refractivity contribution in [2.24, 2.45) is 0 Å². The van der Waals surface area contributed by atoms with Crippen LogP contribution in [0.25, 0.3) is 0 Å². The quantitative estimate of drug-likeness (QED) is 0.800. The second-order valence-electron chi connectivity index (χ2n) is 6.67. The first-order valence-electron chi connectivity index (χ1n) is 8.40. The first-order valence-corrected chi connectivity index (χ1v) is 8.40. The van der Waals surface area contributed by atoms with E-state index in [0.29, 0.717) is 0 Å². The first-order chi connectivity index (χ1) is 11.8. The van der Waals surface area contributed by atoms with Crippen molar-refractivity contribution in [3.05, 3.63) is 52.6 Å². The number of aryl methyl sites for hydroxylation is 3. The average molecular weight is 337 g/mol. The van der Waals surface area contributed by atoms with Gasteiger partial charge in [0.1, 0.15) is 6.04 Å². The second kappa shape index (κ2) is 6.59. The minimum atomic E-state index is -0.584. The Labute approximate surface area is 147 Å². The van der Waals surface area contributed by atoms with Crippen LogP contribution in [0.3, 0.4) is 0 Å². The van der Waals surface area contributed by atoms with E-state index in [4.69, 9.17) is 0 Å². The Morgan fingerprint density at radius 3 is 2.44 bits per heavy atom. The molecule has 0 saturated heterocycles. The number of fused-ring (bicyclic) bond motifs is 1. The highest BCUT2D eigenvalue weighted by Gasteiger charge is 2.28. The van der Waals surface area contributed by atoms with Gasteiger partial charge in [0.25, 0.3) is 0 Å². The van der Waals surface area contributed by atoms with Crippen molar-refractivity contribution in [2.75, 3.05) is 16.0 Å². The lowest BCUT2D eigenvalue weighted by molar-refractivity contribution is -0.122. The fraction of sp³-hybridized carbons (Fsp3) is 0.300.